The fourth-order valence-corrected chi connectivity index (χ4v) is 3.21. The Morgan fingerprint density at radius 1 is 0.939 bits per heavy atom. The van der Waals surface area contributed by atoms with Crippen LogP contribution in [0.15, 0.2) is 42.6 Å². The fraction of sp³-hybridized carbons (Fsp3) is 0.350. The number of nitrogens with zero attached hydrogens (tertiary/aromatic N) is 2. The molecular formula is C20H18F6N4O3. The predicted molar refractivity (Wildman–Crippen MR) is 103 cm³/mol. The van der Waals surface area contributed by atoms with E-state index in [1.165, 1.54) is 6.07 Å². The summed E-state index contributed by atoms with van der Waals surface area (Å²) in [7, 11) is 0. The highest BCUT2D eigenvalue weighted by Gasteiger charge is 2.32. The van der Waals surface area contributed by atoms with Gasteiger partial charge in [0.25, 0.3) is 5.91 Å². The Hall–Kier alpha value is -3.51. The predicted octanol–water partition coefficient (Wildman–Crippen LogP) is 3.68. The van der Waals surface area contributed by atoms with Crippen molar-refractivity contribution < 1.29 is 40.7 Å². The molecule has 0 atom stereocenters. The van der Waals surface area contributed by atoms with Crippen LogP contribution in [0.5, 0.6) is 5.75 Å². The van der Waals surface area contributed by atoms with E-state index in [2.05, 4.69) is 20.6 Å². The molecule has 1 aliphatic heterocycles. The summed E-state index contributed by atoms with van der Waals surface area (Å²) >= 11 is 0. The van der Waals surface area contributed by atoms with Gasteiger partial charge in [-0.15, -0.1) is 13.2 Å². The number of carbonyl (C=O) groups excluding carboxylic acids is 2. The minimum absolute atomic E-state index is 0.00743. The summed E-state index contributed by atoms with van der Waals surface area (Å²) in [5.74, 6) is -1.75. The molecule has 33 heavy (non-hydrogen) atoms. The van der Waals surface area contributed by atoms with Gasteiger partial charge >= 0.3 is 12.5 Å². The zero-order chi connectivity index (χ0) is 24.2. The second-order valence-electron chi connectivity index (χ2n) is 7.18. The van der Waals surface area contributed by atoms with Gasteiger partial charge in [0, 0.05) is 30.8 Å². The number of anilines is 1. The molecule has 0 spiro atoms. The normalized spacial score (nSPS) is 15.2. The molecule has 1 aliphatic rings. The molecule has 1 saturated heterocycles. The molecule has 2 amide bonds. The highest BCUT2D eigenvalue weighted by Crippen LogP contribution is 2.30. The highest BCUT2D eigenvalue weighted by atomic mass is 19.4. The van der Waals surface area contributed by atoms with Crippen LogP contribution < -0.4 is 20.5 Å². The lowest BCUT2D eigenvalue weighted by atomic mass is 9.96. The summed E-state index contributed by atoms with van der Waals surface area (Å²) in [6.07, 6.45) is -7.80. The zero-order valence-corrected chi connectivity index (χ0v) is 16.8. The Labute approximate surface area is 183 Å². The van der Waals surface area contributed by atoms with Gasteiger partial charge in [0.05, 0.1) is 5.56 Å². The van der Waals surface area contributed by atoms with E-state index in [1.54, 1.807) is 4.90 Å². The van der Waals surface area contributed by atoms with Crippen molar-refractivity contribution in [2.45, 2.75) is 25.4 Å². The molecule has 2 heterocycles. The smallest absolute Gasteiger partial charge is 0.406 e. The molecule has 178 valence electrons. The zero-order valence-electron chi connectivity index (χ0n) is 16.8. The molecule has 3 rings (SSSR count). The highest BCUT2D eigenvalue weighted by molar-refractivity contribution is 5.95. The number of hydrogen-bond acceptors (Lipinski definition) is 5. The SMILES string of the molecule is O=C(NNC(=O)C1CCN(c2ccc(C(F)(F)F)cn2)CC1)c1ccc(OC(F)(F)F)cc1. The largest absolute Gasteiger partial charge is 0.573 e. The lowest BCUT2D eigenvalue weighted by molar-refractivity contribution is -0.274. The van der Waals surface area contributed by atoms with Crippen LogP contribution in [-0.2, 0) is 11.0 Å². The van der Waals surface area contributed by atoms with E-state index < -0.39 is 41.6 Å². The van der Waals surface area contributed by atoms with Gasteiger partial charge < -0.3 is 9.64 Å². The summed E-state index contributed by atoms with van der Waals surface area (Å²) in [5, 5.41) is 0. The van der Waals surface area contributed by atoms with Gasteiger partial charge in [0.1, 0.15) is 11.6 Å². The van der Waals surface area contributed by atoms with Gasteiger partial charge in [-0.2, -0.15) is 13.2 Å². The number of hydrazine groups is 1. The molecule has 0 unspecified atom stereocenters. The summed E-state index contributed by atoms with van der Waals surface area (Å²) in [6, 6.07) is 6.37. The van der Waals surface area contributed by atoms with Gasteiger partial charge in [-0.25, -0.2) is 4.98 Å². The number of carbonyl (C=O) groups is 2. The first-order valence-electron chi connectivity index (χ1n) is 9.66. The van der Waals surface area contributed by atoms with Crippen molar-refractivity contribution >= 4 is 17.6 Å². The van der Waals surface area contributed by atoms with Crippen molar-refractivity contribution in [3.05, 3.63) is 53.7 Å². The second-order valence-corrected chi connectivity index (χ2v) is 7.18. The monoisotopic (exact) mass is 476 g/mol. The molecule has 2 aromatic rings. The van der Waals surface area contributed by atoms with Crippen LogP contribution in [-0.4, -0.2) is 36.3 Å². The first kappa shape index (κ1) is 24.1. The molecule has 1 fully saturated rings. The van der Waals surface area contributed by atoms with Crippen LogP contribution in [0.4, 0.5) is 32.2 Å². The van der Waals surface area contributed by atoms with Crippen LogP contribution in [0.25, 0.3) is 0 Å². The van der Waals surface area contributed by atoms with Gasteiger partial charge in [-0.3, -0.25) is 20.4 Å². The first-order chi connectivity index (χ1) is 15.4. The number of nitrogens with one attached hydrogen (secondary N) is 2. The van der Waals surface area contributed by atoms with Crippen LogP contribution >= 0.6 is 0 Å². The number of amides is 2. The molecule has 1 aromatic carbocycles. The fourth-order valence-electron chi connectivity index (χ4n) is 3.21. The third-order valence-electron chi connectivity index (χ3n) is 4.91. The molecule has 0 aliphatic carbocycles. The van der Waals surface area contributed by atoms with Gasteiger partial charge in [0.2, 0.25) is 5.91 Å². The average Bonchev–Trinajstić information content (AvgIpc) is 2.76. The summed E-state index contributed by atoms with van der Waals surface area (Å²) in [6.45, 7) is 0.760. The van der Waals surface area contributed by atoms with E-state index in [0.717, 1.165) is 36.5 Å². The average molecular weight is 476 g/mol. The number of piperidine rings is 1. The number of benzene rings is 1. The lowest BCUT2D eigenvalue weighted by Gasteiger charge is -2.32. The number of hydrogen-bond donors (Lipinski definition) is 2. The molecule has 2 N–H and O–H groups in total. The summed E-state index contributed by atoms with van der Waals surface area (Å²) in [4.78, 5) is 30.0. The van der Waals surface area contributed by atoms with E-state index in [9.17, 15) is 35.9 Å². The maximum absolute atomic E-state index is 12.6. The quantitative estimate of drug-likeness (QED) is 0.520. The van der Waals surface area contributed by atoms with E-state index in [-0.39, 0.29) is 5.56 Å². The molecule has 13 heteroatoms. The van der Waals surface area contributed by atoms with E-state index in [4.69, 9.17) is 0 Å². The number of pyridine rings is 1. The first-order valence-corrected chi connectivity index (χ1v) is 9.66. The van der Waals surface area contributed by atoms with Crippen LogP contribution in [0, 0.1) is 5.92 Å². The summed E-state index contributed by atoms with van der Waals surface area (Å²) in [5.41, 5.74) is 3.63. The molecular weight excluding hydrogens is 458 g/mol. The minimum Gasteiger partial charge on any atom is -0.406 e. The van der Waals surface area contributed by atoms with Crippen molar-refractivity contribution in [1.82, 2.24) is 15.8 Å². The number of rotatable bonds is 4. The van der Waals surface area contributed by atoms with E-state index in [0.29, 0.717) is 31.7 Å². The number of alkyl halides is 6. The minimum atomic E-state index is -4.85. The lowest BCUT2D eigenvalue weighted by Crippen LogP contribution is -2.47. The Bertz CT molecular complexity index is 969. The van der Waals surface area contributed by atoms with Crippen LogP contribution in [0.1, 0.15) is 28.8 Å². The van der Waals surface area contributed by atoms with Crippen molar-refractivity contribution in [1.29, 1.82) is 0 Å². The molecule has 0 bridgehead atoms. The number of ether oxygens (including phenoxy) is 1. The second kappa shape index (κ2) is 9.55. The van der Waals surface area contributed by atoms with Gasteiger partial charge in [-0.1, -0.05) is 0 Å². The number of halogens is 6. The standard InChI is InChI=1S/C20H18F6N4O3/c21-19(22,23)14-3-6-16(27-11-14)30-9-7-13(8-10-30)18(32)29-28-17(31)12-1-4-15(5-2-12)33-20(24,25)26/h1-6,11,13H,7-10H2,(H,28,31)(H,29,32). The molecule has 0 saturated carbocycles. The van der Waals surface area contributed by atoms with Crippen molar-refractivity contribution in [2.75, 3.05) is 18.0 Å². The van der Waals surface area contributed by atoms with E-state index >= 15 is 0 Å². The Kier molecular flexibility index (Phi) is 6.98. The maximum Gasteiger partial charge on any atom is 0.573 e. The summed E-state index contributed by atoms with van der Waals surface area (Å²) < 4.78 is 78.2. The third kappa shape index (κ3) is 6.73. The van der Waals surface area contributed by atoms with E-state index in [1.807, 2.05) is 0 Å². The van der Waals surface area contributed by atoms with Gasteiger partial charge in [0.15, 0.2) is 0 Å². The maximum atomic E-state index is 12.6. The van der Waals surface area contributed by atoms with Crippen molar-refractivity contribution in [3.63, 3.8) is 0 Å². The Morgan fingerprint density at radius 2 is 1.58 bits per heavy atom. The van der Waals surface area contributed by atoms with Crippen molar-refractivity contribution in [2.24, 2.45) is 5.92 Å². The third-order valence-corrected chi connectivity index (χ3v) is 4.91. The molecule has 7 nitrogen and oxygen atoms in total. The Balaban J connectivity index is 1.46. The Morgan fingerprint density at radius 3 is 2.09 bits per heavy atom. The van der Waals surface area contributed by atoms with Crippen LogP contribution in [0.3, 0.4) is 0 Å². The number of aromatic nitrogens is 1. The molecule has 1 aromatic heterocycles. The van der Waals surface area contributed by atoms with Gasteiger partial charge in [-0.05, 0) is 49.2 Å². The molecule has 0 radical (unpaired) electrons. The van der Waals surface area contributed by atoms with Crippen LogP contribution in [0.2, 0.25) is 0 Å². The van der Waals surface area contributed by atoms with Crippen molar-refractivity contribution in [3.8, 4) is 5.75 Å². The topological polar surface area (TPSA) is 83.6 Å².